The maximum atomic E-state index is 14.3. The molecule has 3 rings (SSSR count). The monoisotopic (exact) mass is 361 g/mol. The Morgan fingerprint density at radius 2 is 1.96 bits per heavy atom. The van der Waals surface area contributed by atoms with E-state index in [0.29, 0.717) is 5.82 Å². The van der Waals surface area contributed by atoms with E-state index >= 15 is 0 Å². The van der Waals surface area contributed by atoms with Crippen molar-refractivity contribution in [3.05, 3.63) is 88.5 Å². The molecule has 7 heteroatoms. The first kappa shape index (κ1) is 17.1. The van der Waals surface area contributed by atoms with Gasteiger partial charge in [0.1, 0.15) is 23.5 Å². The van der Waals surface area contributed by atoms with Crippen LogP contribution < -0.4 is 5.32 Å². The molecule has 0 saturated carbocycles. The summed E-state index contributed by atoms with van der Waals surface area (Å²) in [4.78, 5) is 16.7. The maximum Gasteiger partial charge on any atom is 0.255 e. The third-order valence-corrected chi connectivity index (χ3v) is 4.02. The van der Waals surface area contributed by atoms with Crippen molar-refractivity contribution < 1.29 is 13.6 Å². The van der Waals surface area contributed by atoms with Crippen LogP contribution in [0.3, 0.4) is 0 Å². The number of rotatable bonds is 4. The topological polar surface area (TPSA) is 46.9 Å². The molecular formula is C18H14ClF2N3O. The quantitative estimate of drug-likeness (QED) is 0.766. The second kappa shape index (κ2) is 7.03. The van der Waals surface area contributed by atoms with E-state index in [1.165, 1.54) is 24.4 Å². The standard InChI is InChI=1S/C18H14ClF2N3O/c1-24-9-8-22-17(24)16(12-4-2-3-5-14(12)20)23-18(25)13-7-6-11(19)10-15(13)21/h2-10,16H,1H3,(H,23,25)/t16-/m1/s1. The predicted octanol–water partition coefficient (Wildman–Crippen LogP) is 3.87. The van der Waals surface area contributed by atoms with Crippen LogP contribution in [0.2, 0.25) is 5.02 Å². The van der Waals surface area contributed by atoms with Gasteiger partial charge in [-0.05, 0) is 24.3 Å². The number of imidazole rings is 1. The fourth-order valence-corrected chi connectivity index (χ4v) is 2.69. The van der Waals surface area contributed by atoms with Crippen LogP contribution in [0.4, 0.5) is 8.78 Å². The number of carbonyl (C=O) groups is 1. The summed E-state index contributed by atoms with van der Waals surface area (Å²) < 4.78 is 29.9. The van der Waals surface area contributed by atoms with Crippen LogP contribution in [0.25, 0.3) is 0 Å². The summed E-state index contributed by atoms with van der Waals surface area (Å²) >= 11 is 5.71. The van der Waals surface area contributed by atoms with E-state index < -0.39 is 23.6 Å². The number of carbonyl (C=O) groups excluding carboxylic acids is 1. The van der Waals surface area contributed by atoms with Crippen LogP contribution in [-0.4, -0.2) is 15.5 Å². The van der Waals surface area contributed by atoms with Crippen molar-refractivity contribution >= 4 is 17.5 Å². The lowest BCUT2D eigenvalue weighted by atomic mass is 10.0. The number of halogens is 3. The van der Waals surface area contributed by atoms with Gasteiger partial charge in [-0.2, -0.15) is 0 Å². The molecule has 1 amide bonds. The highest BCUT2D eigenvalue weighted by atomic mass is 35.5. The Bertz CT molecular complexity index is 926. The maximum absolute atomic E-state index is 14.3. The van der Waals surface area contributed by atoms with Crippen LogP contribution in [-0.2, 0) is 7.05 Å². The van der Waals surface area contributed by atoms with E-state index in [2.05, 4.69) is 10.3 Å². The van der Waals surface area contributed by atoms with Crippen LogP contribution in [0.1, 0.15) is 27.8 Å². The molecule has 0 aliphatic rings. The highest BCUT2D eigenvalue weighted by Gasteiger charge is 2.25. The van der Waals surface area contributed by atoms with Gasteiger partial charge in [-0.15, -0.1) is 0 Å². The van der Waals surface area contributed by atoms with Gasteiger partial charge in [0.25, 0.3) is 5.91 Å². The van der Waals surface area contributed by atoms with Gasteiger partial charge in [0.2, 0.25) is 0 Å². The minimum Gasteiger partial charge on any atom is -0.338 e. The largest absolute Gasteiger partial charge is 0.338 e. The first-order valence-electron chi connectivity index (χ1n) is 7.45. The van der Waals surface area contributed by atoms with E-state index in [0.717, 1.165) is 6.07 Å². The van der Waals surface area contributed by atoms with Gasteiger partial charge in [0.05, 0.1) is 5.56 Å². The Labute approximate surface area is 148 Å². The van der Waals surface area contributed by atoms with Crippen molar-refractivity contribution in [2.75, 3.05) is 0 Å². The molecule has 3 aromatic rings. The number of hydrogen-bond donors (Lipinski definition) is 1. The van der Waals surface area contributed by atoms with Gasteiger partial charge in [-0.1, -0.05) is 29.8 Å². The molecule has 128 valence electrons. The summed E-state index contributed by atoms with van der Waals surface area (Å²) in [5.74, 6) is -1.51. The molecule has 1 N–H and O–H groups in total. The SMILES string of the molecule is Cn1ccnc1[C@H](NC(=O)c1ccc(Cl)cc1F)c1ccccc1F. The first-order chi connectivity index (χ1) is 12.0. The van der Waals surface area contributed by atoms with Crippen LogP contribution in [0.15, 0.2) is 54.9 Å². The van der Waals surface area contributed by atoms with Gasteiger partial charge in [0.15, 0.2) is 0 Å². The Hall–Kier alpha value is -2.73. The zero-order chi connectivity index (χ0) is 18.0. The van der Waals surface area contributed by atoms with Crippen molar-refractivity contribution in [3.63, 3.8) is 0 Å². The number of aryl methyl sites for hydroxylation is 1. The Kier molecular flexibility index (Phi) is 4.81. The van der Waals surface area contributed by atoms with Gasteiger partial charge in [-0.25, -0.2) is 13.8 Å². The predicted molar refractivity (Wildman–Crippen MR) is 90.3 cm³/mol. The van der Waals surface area contributed by atoms with Crippen molar-refractivity contribution in [3.8, 4) is 0 Å². The molecule has 1 heterocycles. The van der Waals surface area contributed by atoms with Crippen molar-refractivity contribution in [2.45, 2.75) is 6.04 Å². The normalized spacial score (nSPS) is 12.0. The van der Waals surface area contributed by atoms with Crippen LogP contribution in [0, 0.1) is 11.6 Å². The number of amides is 1. The molecule has 0 saturated heterocycles. The van der Waals surface area contributed by atoms with Gasteiger partial charge < -0.3 is 9.88 Å². The molecular weight excluding hydrogens is 348 g/mol. The molecule has 2 aromatic carbocycles. The molecule has 0 aliphatic heterocycles. The highest BCUT2D eigenvalue weighted by molar-refractivity contribution is 6.30. The third kappa shape index (κ3) is 3.53. The Morgan fingerprint density at radius 1 is 1.20 bits per heavy atom. The fraction of sp³-hybridized carbons (Fsp3) is 0.111. The number of aromatic nitrogens is 2. The molecule has 4 nitrogen and oxygen atoms in total. The van der Waals surface area contributed by atoms with E-state index in [4.69, 9.17) is 11.6 Å². The summed E-state index contributed by atoms with van der Waals surface area (Å²) in [6.07, 6.45) is 3.22. The van der Waals surface area contributed by atoms with E-state index in [1.807, 2.05) is 0 Å². The summed E-state index contributed by atoms with van der Waals surface area (Å²) in [5, 5.41) is 2.83. The van der Waals surface area contributed by atoms with Gasteiger partial charge >= 0.3 is 0 Å². The van der Waals surface area contributed by atoms with E-state index in [-0.39, 0.29) is 16.1 Å². The van der Waals surface area contributed by atoms with Crippen LogP contribution >= 0.6 is 11.6 Å². The fourth-order valence-electron chi connectivity index (χ4n) is 2.53. The smallest absolute Gasteiger partial charge is 0.255 e. The van der Waals surface area contributed by atoms with Crippen LogP contribution in [0.5, 0.6) is 0 Å². The van der Waals surface area contributed by atoms with E-state index in [9.17, 15) is 13.6 Å². The molecule has 0 unspecified atom stereocenters. The number of nitrogens with one attached hydrogen (secondary N) is 1. The number of hydrogen-bond acceptors (Lipinski definition) is 2. The Balaban J connectivity index is 2.00. The molecule has 1 atom stereocenters. The second-order valence-corrected chi connectivity index (χ2v) is 5.88. The lowest BCUT2D eigenvalue weighted by Gasteiger charge is -2.20. The average molecular weight is 362 g/mol. The second-order valence-electron chi connectivity index (χ2n) is 5.45. The summed E-state index contributed by atoms with van der Waals surface area (Å²) in [5.41, 5.74) is 0.0551. The van der Waals surface area contributed by atoms with Crippen molar-refractivity contribution in [2.24, 2.45) is 7.05 Å². The molecule has 0 radical (unpaired) electrons. The van der Waals surface area contributed by atoms with E-state index in [1.54, 1.807) is 36.0 Å². The zero-order valence-electron chi connectivity index (χ0n) is 13.2. The summed E-state index contributed by atoms with van der Waals surface area (Å²) in [6.45, 7) is 0. The minimum atomic E-state index is -0.872. The molecule has 0 aliphatic carbocycles. The minimum absolute atomic E-state index is 0.181. The highest BCUT2D eigenvalue weighted by Crippen LogP contribution is 2.24. The lowest BCUT2D eigenvalue weighted by Crippen LogP contribution is -2.32. The first-order valence-corrected chi connectivity index (χ1v) is 7.82. The van der Waals surface area contributed by atoms with Gasteiger partial charge in [0, 0.05) is 30.0 Å². The van der Waals surface area contributed by atoms with Gasteiger partial charge in [-0.3, -0.25) is 4.79 Å². The molecule has 1 aromatic heterocycles. The Morgan fingerprint density at radius 3 is 2.60 bits per heavy atom. The number of benzene rings is 2. The van der Waals surface area contributed by atoms with Crippen molar-refractivity contribution in [1.82, 2.24) is 14.9 Å². The summed E-state index contributed by atoms with van der Waals surface area (Å²) in [7, 11) is 1.73. The zero-order valence-corrected chi connectivity index (χ0v) is 14.0. The average Bonchev–Trinajstić information content (AvgIpc) is 2.99. The molecule has 0 fully saturated rings. The van der Waals surface area contributed by atoms with Crippen molar-refractivity contribution in [1.29, 1.82) is 0 Å². The number of nitrogens with zero attached hydrogens (tertiary/aromatic N) is 2. The summed E-state index contributed by atoms with van der Waals surface area (Å²) in [6, 6.07) is 8.92. The lowest BCUT2D eigenvalue weighted by molar-refractivity contribution is 0.0936. The molecule has 25 heavy (non-hydrogen) atoms. The third-order valence-electron chi connectivity index (χ3n) is 3.78. The molecule has 0 spiro atoms. The molecule has 0 bridgehead atoms.